The van der Waals surface area contributed by atoms with E-state index in [-0.39, 0.29) is 18.3 Å². The number of hydrogen-bond donors (Lipinski definition) is 1. The summed E-state index contributed by atoms with van der Waals surface area (Å²) in [5.41, 5.74) is 6.66. The van der Waals surface area contributed by atoms with Gasteiger partial charge in [0.2, 0.25) is 0 Å². The summed E-state index contributed by atoms with van der Waals surface area (Å²) >= 11 is 6.04. The van der Waals surface area contributed by atoms with Crippen LogP contribution in [-0.2, 0) is 0 Å². The molecule has 0 unspecified atom stereocenters. The van der Waals surface area contributed by atoms with Crippen LogP contribution < -0.4 is 10.5 Å². The number of anilines is 1. The topological polar surface area (TPSA) is 55.6 Å². The highest BCUT2D eigenvalue weighted by molar-refractivity contribution is 6.33. The van der Waals surface area contributed by atoms with E-state index in [4.69, 9.17) is 22.1 Å². The van der Waals surface area contributed by atoms with Gasteiger partial charge in [0.15, 0.2) is 0 Å². The second kappa shape index (κ2) is 7.93. The van der Waals surface area contributed by atoms with Gasteiger partial charge in [0, 0.05) is 19.2 Å². The summed E-state index contributed by atoms with van der Waals surface area (Å²) < 4.78 is 5.27. The second-order valence-electron chi connectivity index (χ2n) is 5.95. The highest BCUT2D eigenvalue weighted by Crippen LogP contribution is 2.31. The highest BCUT2D eigenvalue weighted by Gasteiger charge is 2.27. The number of rotatable bonds is 3. The van der Waals surface area contributed by atoms with Crippen LogP contribution in [-0.4, -0.2) is 31.0 Å². The van der Waals surface area contributed by atoms with Crippen molar-refractivity contribution in [2.45, 2.75) is 26.7 Å². The number of likely N-dealkylation sites (tertiary alicyclic amines) is 1. The Hall–Kier alpha value is -1.13. The van der Waals surface area contributed by atoms with Gasteiger partial charge in [-0.25, -0.2) is 0 Å². The van der Waals surface area contributed by atoms with Crippen molar-refractivity contribution in [2.24, 2.45) is 11.8 Å². The lowest BCUT2D eigenvalue weighted by molar-refractivity contribution is 0.0664. The Morgan fingerprint density at radius 3 is 2.45 bits per heavy atom. The largest absolute Gasteiger partial charge is 0.496 e. The van der Waals surface area contributed by atoms with Gasteiger partial charge in [0.05, 0.1) is 23.4 Å². The summed E-state index contributed by atoms with van der Waals surface area (Å²) in [6, 6.07) is 3.21. The third kappa shape index (κ3) is 3.99. The smallest absolute Gasteiger partial charge is 0.257 e. The quantitative estimate of drug-likeness (QED) is 0.845. The van der Waals surface area contributed by atoms with Crippen molar-refractivity contribution in [1.82, 2.24) is 4.90 Å². The first-order valence-corrected chi connectivity index (χ1v) is 7.74. The third-order valence-electron chi connectivity index (χ3n) is 4.32. The first kappa shape index (κ1) is 18.9. The van der Waals surface area contributed by atoms with Gasteiger partial charge in [0.25, 0.3) is 5.91 Å². The standard InChI is InChI=1S/C16H23ClN2O2.ClH/c1-10(2)11-4-6-19(7-5-11)16(20)12-8-13(17)14(18)9-15(12)21-3;/h8-11H,4-7,18H2,1-3H3;1H. The molecule has 0 aliphatic carbocycles. The van der Waals surface area contributed by atoms with E-state index in [0.29, 0.717) is 33.9 Å². The Labute approximate surface area is 143 Å². The van der Waals surface area contributed by atoms with Crippen LogP contribution in [0.4, 0.5) is 5.69 Å². The summed E-state index contributed by atoms with van der Waals surface area (Å²) in [6.07, 6.45) is 2.10. The van der Waals surface area contributed by atoms with Gasteiger partial charge in [-0.15, -0.1) is 12.4 Å². The van der Waals surface area contributed by atoms with Gasteiger partial charge < -0.3 is 15.4 Å². The molecule has 1 aliphatic rings. The fourth-order valence-corrected chi connectivity index (χ4v) is 3.01. The van der Waals surface area contributed by atoms with Crippen molar-refractivity contribution in [2.75, 3.05) is 25.9 Å². The SMILES string of the molecule is COc1cc(N)c(Cl)cc1C(=O)N1CCC(C(C)C)CC1.Cl. The summed E-state index contributed by atoms with van der Waals surface area (Å²) in [4.78, 5) is 14.5. The van der Waals surface area contributed by atoms with Crippen LogP contribution in [0.25, 0.3) is 0 Å². The van der Waals surface area contributed by atoms with Gasteiger partial charge in [-0.3, -0.25) is 4.79 Å². The van der Waals surface area contributed by atoms with E-state index in [0.717, 1.165) is 25.9 Å². The maximum Gasteiger partial charge on any atom is 0.257 e. The molecule has 1 saturated heterocycles. The molecular formula is C16H24Cl2N2O2. The van der Waals surface area contributed by atoms with Crippen LogP contribution in [0.2, 0.25) is 5.02 Å². The zero-order chi connectivity index (χ0) is 15.6. The lowest BCUT2D eigenvalue weighted by Crippen LogP contribution is -2.39. The Morgan fingerprint density at radius 1 is 1.36 bits per heavy atom. The minimum Gasteiger partial charge on any atom is -0.496 e. The van der Waals surface area contributed by atoms with Gasteiger partial charge >= 0.3 is 0 Å². The molecule has 6 heteroatoms. The molecule has 2 rings (SSSR count). The molecule has 2 N–H and O–H groups in total. The normalized spacial score (nSPS) is 15.6. The van der Waals surface area contributed by atoms with E-state index in [1.54, 1.807) is 12.1 Å². The molecular weight excluding hydrogens is 323 g/mol. The molecule has 0 saturated carbocycles. The van der Waals surface area contributed by atoms with Crippen molar-refractivity contribution < 1.29 is 9.53 Å². The maximum absolute atomic E-state index is 12.7. The number of methoxy groups -OCH3 is 1. The molecule has 22 heavy (non-hydrogen) atoms. The summed E-state index contributed by atoms with van der Waals surface area (Å²) in [7, 11) is 1.53. The molecule has 0 bridgehead atoms. The van der Waals surface area contributed by atoms with Crippen molar-refractivity contribution in [1.29, 1.82) is 0 Å². The summed E-state index contributed by atoms with van der Waals surface area (Å²) in [5.74, 6) is 1.82. The van der Waals surface area contributed by atoms with E-state index in [2.05, 4.69) is 13.8 Å². The summed E-state index contributed by atoms with van der Waals surface area (Å²) in [6.45, 7) is 6.05. The van der Waals surface area contributed by atoms with E-state index in [1.807, 2.05) is 4.90 Å². The van der Waals surface area contributed by atoms with Crippen LogP contribution in [0.3, 0.4) is 0 Å². The van der Waals surface area contributed by atoms with Crippen molar-refractivity contribution in [3.63, 3.8) is 0 Å². The fraction of sp³-hybridized carbons (Fsp3) is 0.562. The van der Waals surface area contributed by atoms with Crippen molar-refractivity contribution in [3.8, 4) is 5.75 Å². The number of carbonyl (C=O) groups excluding carboxylic acids is 1. The number of carbonyl (C=O) groups is 1. The van der Waals surface area contributed by atoms with Crippen LogP contribution in [0.1, 0.15) is 37.0 Å². The number of nitrogens with zero attached hydrogens (tertiary/aromatic N) is 1. The zero-order valence-electron chi connectivity index (χ0n) is 13.3. The Balaban J connectivity index is 0.00000242. The second-order valence-corrected chi connectivity index (χ2v) is 6.35. The van der Waals surface area contributed by atoms with E-state index in [9.17, 15) is 4.79 Å². The number of halogens is 2. The Morgan fingerprint density at radius 2 is 1.95 bits per heavy atom. The maximum atomic E-state index is 12.7. The monoisotopic (exact) mass is 346 g/mol. The minimum absolute atomic E-state index is 0. The Kier molecular flexibility index (Phi) is 6.82. The summed E-state index contributed by atoms with van der Waals surface area (Å²) in [5, 5.41) is 0.385. The number of amides is 1. The molecule has 1 amide bonds. The van der Waals surface area contributed by atoms with Crippen molar-refractivity contribution >= 4 is 35.6 Å². The lowest BCUT2D eigenvalue weighted by Gasteiger charge is -2.34. The number of benzene rings is 1. The number of nitrogen functional groups attached to an aromatic ring is 1. The molecule has 4 nitrogen and oxygen atoms in total. The molecule has 1 aromatic rings. The molecule has 1 heterocycles. The first-order valence-electron chi connectivity index (χ1n) is 7.36. The average Bonchev–Trinajstić information content (AvgIpc) is 2.49. The van der Waals surface area contributed by atoms with Crippen LogP contribution in [0.15, 0.2) is 12.1 Å². The van der Waals surface area contributed by atoms with Crippen LogP contribution in [0, 0.1) is 11.8 Å². The van der Waals surface area contributed by atoms with E-state index in [1.165, 1.54) is 7.11 Å². The molecule has 0 radical (unpaired) electrons. The molecule has 0 spiro atoms. The van der Waals surface area contributed by atoms with Gasteiger partial charge in [-0.1, -0.05) is 25.4 Å². The molecule has 1 aromatic carbocycles. The molecule has 124 valence electrons. The number of hydrogen-bond acceptors (Lipinski definition) is 3. The van der Waals surface area contributed by atoms with E-state index >= 15 is 0 Å². The van der Waals surface area contributed by atoms with Crippen molar-refractivity contribution in [3.05, 3.63) is 22.7 Å². The fourth-order valence-electron chi connectivity index (χ4n) is 2.84. The highest BCUT2D eigenvalue weighted by atomic mass is 35.5. The average molecular weight is 347 g/mol. The van der Waals surface area contributed by atoms with Gasteiger partial charge in [-0.2, -0.15) is 0 Å². The predicted molar refractivity (Wildman–Crippen MR) is 93.1 cm³/mol. The van der Waals surface area contributed by atoms with Crippen LogP contribution >= 0.6 is 24.0 Å². The minimum atomic E-state index is -0.0315. The predicted octanol–water partition coefficient (Wildman–Crippen LogP) is 3.86. The molecule has 1 aliphatic heterocycles. The number of nitrogens with two attached hydrogens (primary N) is 1. The molecule has 0 atom stereocenters. The van der Waals surface area contributed by atoms with Crippen LogP contribution in [0.5, 0.6) is 5.75 Å². The Bertz CT molecular complexity index is 527. The molecule has 0 aromatic heterocycles. The first-order chi connectivity index (χ1) is 9.93. The number of ether oxygens (including phenoxy) is 1. The van der Waals surface area contributed by atoms with Gasteiger partial charge in [0.1, 0.15) is 5.75 Å². The number of piperidine rings is 1. The third-order valence-corrected chi connectivity index (χ3v) is 4.65. The van der Waals surface area contributed by atoms with E-state index < -0.39 is 0 Å². The molecule has 1 fully saturated rings. The lowest BCUT2D eigenvalue weighted by atomic mass is 9.86. The zero-order valence-corrected chi connectivity index (χ0v) is 14.8. The van der Waals surface area contributed by atoms with Gasteiger partial charge in [-0.05, 0) is 30.7 Å².